The summed E-state index contributed by atoms with van der Waals surface area (Å²) in [5.74, 6) is 0.0730. The minimum Gasteiger partial charge on any atom is -0.384 e. The Bertz CT molecular complexity index is 535. The number of benzene rings is 2. The molecule has 0 aromatic heterocycles. The summed E-state index contributed by atoms with van der Waals surface area (Å²) < 4.78 is 0. The molecule has 0 fully saturated rings. The van der Waals surface area contributed by atoms with Crippen molar-refractivity contribution in [2.45, 2.75) is 0 Å². The highest BCUT2D eigenvalue weighted by molar-refractivity contribution is 6.30. The van der Waals surface area contributed by atoms with Crippen LogP contribution >= 0.6 is 11.6 Å². The molecule has 0 aliphatic carbocycles. The van der Waals surface area contributed by atoms with Crippen LogP contribution in [0.1, 0.15) is 5.56 Å². The highest BCUT2D eigenvalue weighted by Crippen LogP contribution is 2.23. The molecule has 0 spiro atoms. The summed E-state index contributed by atoms with van der Waals surface area (Å²) in [6, 6.07) is 15.2. The Balaban J connectivity index is 2.48. The van der Waals surface area contributed by atoms with Crippen LogP contribution in [-0.2, 0) is 0 Å². The van der Waals surface area contributed by atoms with Gasteiger partial charge in [0.1, 0.15) is 5.84 Å². The Labute approximate surface area is 99.2 Å². The van der Waals surface area contributed by atoms with Crippen molar-refractivity contribution in [2.75, 3.05) is 0 Å². The van der Waals surface area contributed by atoms with Gasteiger partial charge in [0, 0.05) is 10.6 Å². The maximum atomic E-state index is 7.39. The van der Waals surface area contributed by atoms with Gasteiger partial charge >= 0.3 is 0 Å². The van der Waals surface area contributed by atoms with Gasteiger partial charge in [-0.3, -0.25) is 5.41 Å². The van der Waals surface area contributed by atoms with Crippen molar-refractivity contribution in [2.24, 2.45) is 5.73 Å². The van der Waals surface area contributed by atoms with Crippen molar-refractivity contribution in [3.05, 3.63) is 59.1 Å². The first-order valence-electron chi connectivity index (χ1n) is 4.87. The first kappa shape index (κ1) is 10.7. The van der Waals surface area contributed by atoms with Crippen LogP contribution in [0.3, 0.4) is 0 Å². The SMILES string of the molecule is N=C(N)c1cccc(-c2cccc(Cl)c2)c1. The van der Waals surface area contributed by atoms with Crippen LogP contribution in [0.4, 0.5) is 0 Å². The molecule has 0 saturated heterocycles. The maximum Gasteiger partial charge on any atom is 0.122 e. The number of rotatable bonds is 2. The first-order chi connectivity index (χ1) is 7.66. The number of hydrogen-bond donors (Lipinski definition) is 2. The summed E-state index contributed by atoms with van der Waals surface area (Å²) in [7, 11) is 0. The minimum absolute atomic E-state index is 0.0730. The van der Waals surface area contributed by atoms with E-state index in [1.165, 1.54) is 0 Å². The summed E-state index contributed by atoms with van der Waals surface area (Å²) >= 11 is 5.93. The van der Waals surface area contributed by atoms with Crippen LogP contribution in [-0.4, -0.2) is 5.84 Å². The molecule has 2 aromatic rings. The first-order valence-corrected chi connectivity index (χ1v) is 5.25. The molecule has 0 aliphatic rings. The Hall–Kier alpha value is -1.80. The molecule has 0 bridgehead atoms. The van der Waals surface area contributed by atoms with Crippen molar-refractivity contribution in [1.29, 1.82) is 5.41 Å². The van der Waals surface area contributed by atoms with Crippen LogP contribution in [0.15, 0.2) is 48.5 Å². The second-order valence-electron chi connectivity index (χ2n) is 3.50. The number of halogens is 1. The molecule has 2 nitrogen and oxygen atoms in total. The van der Waals surface area contributed by atoms with Gasteiger partial charge in [-0.15, -0.1) is 0 Å². The second-order valence-corrected chi connectivity index (χ2v) is 3.94. The average molecular weight is 231 g/mol. The largest absolute Gasteiger partial charge is 0.384 e. The van der Waals surface area contributed by atoms with E-state index in [0.717, 1.165) is 16.7 Å². The molecule has 0 unspecified atom stereocenters. The molecule has 0 saturated carbocycles. The molecule has 80 valence electrons. The van der Waals surface area contributed by atoms with Gasteiger partial charge in [-0.25, -0.2) is 0 Å². The Morgan fingerprint density at radius 1 is 1.00 bits per heavy atom. The second kappa shape index (κ2) is 4.37. The van der Waals surface area contributed by atoms with Crippen LogP contribution in [0.5, 0.6) is 0 Å². The zero-order valence-electron chi connectivity index (χ0n) is 8.57. The van der Waals surface area contributed by atoms with Crippen LogP contribution < -0.4 is 5.73 Å². The quantitative estimate of drug-likeness (QED) is 0.604. The summed E-state index contributed by atoms with van der Waals surface area (Å²) in [5, 5.41) is 8.09. The molecule has 2 rings (SSSR count). The van der Waals surface area contributed by atoms with Gasteiger partial charge in [0.15, 0.2) is 0 Å². The molecule has 16 heavy (non-hydrogen) atoms. The third-order valence-corrected chi connectivity index (χ3v) is 2.57. The number of nitrogens with two attached hydrogens (primary N) is 1. The molecule has 0 amide bonds. The van der Waals surface area contributed by atoms with Crippen molar-refractivity contribution in [1.82, 2.24) is 0 Å². The zero-order chi connectivity index (χ0) is 11.5. The van der Waals surface area contributed by atoms with E-state index in [1.807, 2.05) is 48.5 Å². The highest BCUT2D eigenvalue weighted by atomic mass is 35.5. The summed E-state index contributed by atoms with van der Waals surface area (Å²) in [6.07, 6.45) is 0. The van der Waals surface area contributed by atoms with Crippen molar-refractivity contribution in [3.63, 3.8) is 0 Å². The molecule has 0 aliphatic heterocycles. The molecular weight excluding hydrogens is 220 g/mol. The third kappa shape index (κ3) is 2.23. The lowest BCUT2D eigenvalue weighted by Crippen LogP contribution is -2.10. The van der Waals surface area contributed by atoms with E-state index in [-0.39, 0.29) is 5.84 Å². The van der Waals surface area contributed by atoms with E-state index < -0.39 is 0 Å². The van der Waals surface area contributed by atoms with Crippen LogP contribution in [0, 0.1) is 5.41 Å². The normalized spacial score (nSPS) is 10.1. The monoisotopic (exact) mass is 230 g/mol. The van der Waals surface area contributed by atoms with Crippen molar-refractivity contribution >= 4 is 17.4 Å². The van der Waals surface area contributed by atoms with Crippen LogP contribution in [0.25, 0.3) is 11.1 Å². The highest BCUT2D eigenvalue weighted by Gasteiger charge is 2.01. The Kier molecular flexibility index (Phi) is 2.93. The van der Waals surface area contributed by atoms with Gasteiger partial charge in [0.25, 0.3) is 0 Å². The minimum atomic E-state index is 0.0730. The zero-order valence-corrected chi connectivity index (χ0v) is 9.33. The van der Waals surface area contributed by atoms with E-state index >= 15 is 0 Å². The van der Waals surface area contributed by atoms with Crippen LogP contribution in [0.2, 0.25) is 5.02 Å². The van der Waals surface area contributed by atoms with Gasteiger partial charge in [0.2, 0.25) is 0 Å². The van der Waals surface area contributed by atoms with E-state index in [0.29, 0.717) is 5.02 Å². The predicted octanol–water partition coefficient (Wildman–Crippen LogP) is 3.29. The lowest BCUT2D eigenvalue weighted by Gasteiger charge is -2.04. The number of nitrogen functional groups attached to an aromatic ring is 1. The molecule has 3 heteroatoms. The Morgan fingerprint density at radius 2 is 1.62 bits per heavy atom. The lowest BCUT2D eigenvalue weighted by molar-refractivity contribution is 1.42. The van der Waals surface area contributed by atoms with Gasteiger partial charge in [-0.1, -0.05) is 41.9 Å². The number of hydrogen-bond acceptors (Lipinski definition) is 1. The molecule has 0 radical (unpaired) electrons. The fourth-order valence-corrected chi connectivity index (χ4v) is 1.72. The predicted molar refractivity (Wildman–Crippen MR) is 67.9 cm³/mol. The maximum absolute atomic E-state index is 7.39. The Morgan fingerprint density at radius 3 is 2.25 bits per heavy atom. The fourth-order valence-electron chi connectivity index (χ4n) is 1.53. The average Bonchev–Trinajstić information content (AvgIpc) is 2.29. The van der Waals surface area contributed by atoms with Gasteiger partial charge in [0.05, 0.1) is 0 Å². The summed E-state index contributed by atoms with van der Waals surface area (Å²) in [5.41, 5.74) is 8.20. The van der Waals surface area contributed by atoms with E-state index in [2.05, 4.69) is 0 Å². The molecule has 3 N–H and O–H groups in total. The summed E-state index contributed by atoms with van der Waals surface area (Å²) in [4.78, 5) is 0. The topological polar surface area (TPSA) is 49.9 Å². The standard InChI is InChI=1S/C13H11ClN2/c14-12-6-2-4-10(8-12)9-3-1-5-11(7-9)13(15)16/h1-8H,(H3,15,16). The molecule has 0 atom stereocenters. The van der Waals surface area contributed by atoms with E-state index in [1.54, 1.807) is 0 Å². The molecular formula is C13H11ClN2. The molecule has 2 aromatic carbocycles. The van der Waals surface area contributed by atoms with Crippen molar-refractivity contribution < 1.29 is 0 Å². The van der Waals surface area contributed by atoms with E-state index in [9.17, 15) is 0 Å². The van der Waals surface area contributed by atoms with Gasteiger partial charge in [-0.2, -0.15) is 0 Å². The van der Waals surface area contributed by atoms with Gasteiger partial charge < -0.3 is 5.73 Å². The number of nitrogens with one attached hydrogen (secondary N) is 1. The summed E-state index contributed by atoms with van der Waals surface area (Å²) in [6.45, 7) is 0. The fraction of sp³-hybridized carbons (Fsp3) is 0. The van der Waals surface area contributed by atoms with Gasteiger partial charge in [-0.05, 0) is 29.3 Å². The number of amidine groups is 1. The molecule has 0 heterocycles. The smallest absolute Gasteiger partial charge is 0.122 e. The van der Waals surface area contributed by atoms with E-state index in [4.69, 9.17) is 22.7 Å². The third-order valence-electron chi connectivity index (χ3n) is 2.33. The lowest BCUT2D eigenvalue weighted by atomic mass is 10.0. The van der Waals surface area contributed by atoms with Crippen molar-refractivity contribution in [3.8, 4) is 11.1 Å².